The molecule has 0 radical (unpaired) electrons. The molecule has 0 aliphatic rings. The van der Waals surface area contributed by atoms with E-state index in [0.717, 1.165) is 10.1 Å². The second-order valence-corrected chi connectivity index (χ2v) is 5.32. The number of thiophene rings is 1. The van der Waals surface area contributed by atoms with Gasteiger partial charge in [-0.15, -0.1) is 11.3 Å². The Morgan fingerprint density at radius 1 is 1.50 bits per heavy atom. The number of aliphatic hydroxyl groups is 1. The predicted molar refractivity (Wildman–Crippen MR) is 70.4 cm³/mol. The van der Waals surface area contributed by atoms with Crippen LogP contribution < -0.4 is 0 Å². The molecule has 3 nitrogen and oxygen atoms in total. The average molecular weight is 267 g/mol. The van der Waals surface area contributed by atoms with E-state index in [1.807, 2.05) is 0 Å². The van der Waals surface area contributed by atoms with Gasteiger partial charge >= 0.3 is 0 Å². The second kappa shape index (κ2) is 5.04. The first-order chi connectivity index (χ1) is 8.52. The molecule has 96 valence electrons. The summed E-state index contributed by atoms with van der Waals surface area (Å²) in [7, 11) is 1.65. The van der Waals surface area contributed by atoms with E-state index in [0.29, 0.717) is 4.88 Å². The molecule has 0 aliphatic carbocycles. The van der Waals surface area contributed by atoms with E-state index in [1.54, 1.807) is 26.1 Å². The standard InChI is InChI=1S/C13H14FNO2S/c1-8(7-16)15(2)13(17)12-6-9-5-10(14)3-4-11(9)18-12/h3-6,8,16H,7H2,1-2H3. The molecule has 0 bridgehead atoms. The maximum Gasteiger partial charge on any atom is 0.264 e. The number of likely N-dealkylation sites (N-methyl/N-ethyl adjacent to an activating group) is 1. The van der Waals surface area contributed by atoms with E-state index in [-0.39, 0.29) is 24.4 Å². The van der Waals surface area contributed by atoms with E-state index in [9.17, 15) is 9.18 Å². The molecule has 0 fully saturated rings. The summed E-state index contributed by atoms with van der Waals surface area (Å²) in [5.41, 5.74) is 0. The third kappa shape index (κ3) is 2.37. The summed E-state index contributed by atoms with van der Waals surface area (Å²) >= 11 is 1.33. The Morgan fingerprint density at radius 2 is 2.22 bits per heavy atom. The predicted octanol–water partition coefficient (Wildman–Crippen LogP) is 2.49. The van der Waals surface area contributed by atoms with Crippen LogP contribution in [0.15, 0.2) is 24.3 Å². The van der Waals surface area contributed by atoms with Crippen molar-refractivity contribution in [2.75, 3.05) is 13.7 Å². The Hall–Kier alpha value is -1.46. The second-order valence-electron chi connectivity index (χ2n) is 4.24. The lowest BCUT2D eigenvalue weighted by Gasteiger charge is -2.22. The third-order valence-electron chi connectivity index (χ3n) is 2.93. The highest BCUT2D eigenvalue weighted by molar-refractivity contribution is 7.20. The van der Waals surface area contributed by atoms with Gasteiger partial charge in [-0.1, -0.05) is 0 Å². The van der Waals surface area contributed by atoms with Gasteiger partial charge in [0.05, 0.1) is 17.5 Å². The summed E-state index contributed by atoms with van der Waals surface area (Å²) in [5, 5.41) is 9.77. The van der Waals surface area contributed by atoms with E-state index in [2.05, 4.69) is 0 Å². The number of rotatable bonds is 3. The third-order valence-corrected chi connectivity index (χ3v) is 4.04. The van der Waals surface area contributed by atoms with Gasteiger partial charge in [0.1, 0.15) is 5.82 Å². The molecule has 1 atom stereocenters. The molecule has 18 heavy (non-hydrogen) atoms. The van der Waals surface area contributed by atoms with Crippen LogP contribution in [0.25, 0.3) is 10.1 Å². The van der Waals surface area contributed by atoms with Crippen molar-refractivity contribution in [3.8, 4) is 0 Å². The van der Waals surface area contributed by atoms with E-state index in [1.165, 1.54) is 28.4 Å². The summed E-state index contributed by atoms with van der Waals surface area (Å²) in [6.07, 6.45) is 0. The van der Waals surface area contributed by atoms with E-state index in [4.69, 9.17) is 5.11 Å². The number of aliphatic hydroxyl groups excluding tert-OH is 1. The van der Waals surface area contributed by atoms with Gasteiger partial charge in [-0.2, -0.15) is 0 Å². The molecule has 1 N–H and O–H groups in total. The summed E-state index contributed by atoms with van der Waals surface area (Å²) in [6.45, 7) is 1.69. The first-order valence-electron chi connectivity index (χ1n) is 5.60. The van der Waals surface area contributed by atoms with Crippen LogP contribution in [0.4, 0.5) is 4.39 Å². The molecular weight excluding hydrogens is 253 g/mol. The van der Waals surface area contributed by atoms with Crippen LogP contribution in [0.3, 0.4) is 0 Å². The SMILES string of the molecule is CC(CO)N(C)C(=O)c1cc2cc(F)ccc2s1. The summed E-state index contributed by atoms with van der Waals surface area (Å²) in [6, 6.07) is 5.91. The molecule has 1 aromatic carbocycles. The lowest BCUT2D eigenvalue weighted by molar-refractivity contribution is 0.0687. The number of nitrogens with zero attached hydrogens (tertiary/aromatic N) is 1. The molecule has 0 saturated heterocycles. The zero-order valence-electron chi connectivity index (χ0n) is 10.2. The van der Waals surface area contributed by atoms with Gasteiger partial charge in [0, 0.05) is 11.7 Å². The summed E-state index contributed by atoms with van der Waals surface area (Å²) < 4.78 is 13.9. The van der Waals surface area contributed by atoms with Crippen LogP contribution in [0.2, 0.25) is 0 Å². The first-order valence-corrected chi connectivity index (χ1v) is 6.41. The Morgan fingerprint density at radius 3 is 2.89 bits per heavy atom. The van der Waals surface area contributed by atoms with Gasteiger partial charge in [-0.05, 0) is 36.6 Å². The van der Waals surface area contributed by atoms with Crippen LogP contribution in [-0.2, 0) is 0 Å². The van der Waals surface area contributed by atoms with Gasteiger partial charge in [0.25, 0.3) is 5.91 Å². The van der Waals surface area contributed by atoms with Crippen molar-refractivity contribution in [2.45, 2.75) is 13.0 Å². The zero-order chi connectivity index (χ0) is 13.3. The summed E-state index contributed by atoms with van der Waals surface area (Å²) in [5.74, 6) is -0.463. The minimum atomic E-state index is -0.309. The molecule has 2 aromatic rings. The average Bonchev–Trinajstić information content (AvgIpc) is 2.78. The quantitative estimate of drug-likeness (QED) is 0.928. The van der Waals surface area contributed by atoms with Gasteiger partial charge in [-0.25, -0.2) is 4.39 Å². The van der Waals surface area contributed by atoms with Crippen molar-refractivity contribution in [2.24, 2.45) is 0 Å². The number of halogens is 1. The number of amides is 1. The van der Waals surface area contributed by atoms with Crippen LogP contribution in [0.1, 0.15) is 16.6 Å². The lowest BCUT2D eigenvalue weighted by atomic mass is 10.2. The zero-order valence-corrected chi connectivity index (χ0v) is 11.0. The Bertz CT molecular complexity index is 581. The summed E-state index contributed by atoms with van der Waals surface area (Å²) in [4.78, 5) is 14.2. The molecule has 0 spiro atoms. The highest BCUT2D eigenvalue weighted by Crippen LogP contribution is 2.27. The number of hydrogen-bond acceptors (Lipinski definition) is 3. The fourth-order valence-corrected chi connectivity index (χ4v) is 2.64. The van der Waals surface area contributed by atoms with Crippen molar-refractivity contribution in [3.63, 3.8) is 0 Å². The maximum absolute atomic E-state index is 13.1. The minimum absolute atomic E-state index is 0.0816. The van der Waals surface area contributed by atoms with Crippen molar-refractivity contribution >= 4 is 27.3 Å². The molecule has 5 heteroatoms. The fourth-order valence-electron chi connectivity index (χ4n) is 1.62. The van der Waals surface area contributed by atoms with Crippen molar-refractivity contribution < 1.29 is 14.3 Å². The number of hydrogen-bond donors (Lipinski definition) is 1. The van der Waals surface area contributed by atoms with Crippen LogP contribution >= 0.6 is 11.3 Å². The molecule has 1 amide bonds. The lowest BCUT2D eigenvalue weighted by Crippen LogP contribution is -2.36. The van der Waals surface area contributed by atoms with E-state index >= 15 is 0 Å². The first kappa shape index (κ1) is 13.0. The normalized spacial score (nSPS) is 12.7. The van der Waals surface area contributed by atoms with Gasteiger partial charge in [-0.3, -0.25) is 4.79 Å². The van der Waals surface area contributed by atoms with Gasteiger partial charge < -0.3 is 10.0 Å². The Kier molecular flexibility index (Phi) is 3.63. The Balaban J connectivity index is 2.33. The van der Waals surface area contributed by atoms with Crippen LogP contribution in [0.5, 0.6) is 0 Å². The molecule has 2 rings (SSSR count). The number of fused-ring (bicyclic) bond motifs is 1. The van der Waals surface area contributed by atoms with Crippen molar-refractivity contribution in [1.29, 1.82) is 0 Å². The largest absolute Gasteiger partial charge is 0.394 e. The molecule has 0 saturated carbocycles. The fraction of sp³-hybridized carbons (Fsp3) is 0.308. The van der Waals surface area contributed by atoms with Crippen LogP contribution in [0, 0.1) is 5.82 Å². The number of benzene rings is 1. The highest BCUT2D eigenvalue weighted by Gasteiger charge is 2.19. The molecule has 0 aliphatic heterocycles. The molecule has 1 unspecified atom stereocenters. The van der Waals surface area contributed by atoms with Gasteiger partial charge in [0.15, 0.2) is 0 Å². The van der Waals surface area contributed by atoms with Crippen molar-refractivity contribution in [1.82, 2.24) is 4.90 Å². The maximum atomic E-state index is 13.1. The minimum Gasteiger partial charge on any atom is -0.394 e. The molecule has 1 aromatic heterocycles. The molecular formula is C13H14FNO2S. The monoisotopic (exact) mass is 267 g/mol. The van der Waals surface area contributed by atoms with Crippen molar-refractivity contribution in [3.05, 3.63) is 35.0 Å². The highest BCUT2D eigenvalue weighted by atomic mass is 32.1. The smallest absolute Gasteiger partial charge is 0.264 e. The van der Waals surface area contributed by atoms with E-state index < -0.39 is 0 Å². The number of carbonyl (C=O) groups excluding carboxylic acids is 1. The topological polar surface area (TPSA) is 40.5 Å². The number of carbonyl (C=O) groups is 1. The van der Waals surface area contributed by atoms with Crippen LogP contribution in [-0.4, -0.2) is 35.6 Å². The van der Waals surface area contributed by atoms with Gasteiger partial charge in [0.2, 0.25) is 0 Å². The molecule has 1 heterocycles. The Labute approximate surface area is 108 Å².